The lowest BCUT2D eigenvalue weighted by Crippen LogP contribution is -2.09. The molecule has 0 N–H and O–H groups in total. The molecule has 124 valence electrons. The van der Waals surface area contributed by atoms with E-state index >= 15 is 0 Å². The monoisotopic (exact) mass is 348 g/mol. The molecule has 0 unspecified atom stereocenters. The van der Waals surface area contributed by atoms with E-state index in [4.69, 9.17) is 4.74 Å². The number of carbonyl (C=O) groups is 1. The second-order valence-corrected chi connectivity index (χ2v) is 6.78. The topological polar surface area (TPSA) is 42.4 Å². The fourth-order valence-electron chi connectivity index (χ4n) is 2.90. The van der Waals surface area contributed by atoms with Crippen molar-refractivity contribution in [3.8, 4) is 5.75 Å². The average Bonchev–Trinajstić information content (AvgIpc) is 2.96. The predicted molar refractivity (Wildman–Crippen MR) is 101 cm³/mol. The second kappa shape index (κ2) is 6.26. The van der Waals surface area contributed by atoms with E-state index in [0.717, 1.165) is 27.6 Å². The largest absolute Gasteiger partial charge is 0.497 e. The van der Waals surface area contributed by atoms with Crippen molar-refractivity contribution in [2.45, 2.75) is 4.90 Å². The number of allylic oxidation sites excluding steroid dienone is 5. The molecule has 2 aromatic rings. The number of methoxy groups -OCH3 is 1. The molecule has 0 fully saturated rings. The van der Waals surface area contributed by atoms with Gasteiger partial charge >= 0.3 is 0 Å². The molecule has 0 atom stereocenters. The van der Waals surface area contributed by atoms with Crippen LogP contribution in [0.1, 0.15) is 16.1 Å². The van der Waals surface area contributed by atoms with Gasteiger partial charge in [-0.05, 0) is 42.0 Å². The molecule has 0 radical (unpaired) electrons. The van der Waals surface area contributed by atoms with Crippen LogP contribution in [0.25, 0.3) is 5.57 Å². The summed E-state index contributed by atoms with van der Waals surface area (Å²) in [6, 6.07) is 9.86. The smallest absolute Gasteiger partial charge is 0.204 e. The Morgan fingerprint density at radius 2 is 2.08 bits per heavy atom. The van der Waals surface area contributed by atoms with Crippen molar-refractivity contribution < 1.29 is 9.53 Å². The van der Waals surface area contributed by atoms with Gasteiger partial charge < -0.3 is 9.64 Å². The minimum absolute atomic E-state index is 0.0488. The Hall–Kier alpha value is -2.79. The lowest BCUT2D eigenvalue weighted by molar-refractivity contribution is 0.104. The van der Waals surface area contributed by atoms with E-state index in [2.05, 4.69) is 22.0 Å². The Morgan fingerprint density at radius 3 is 2.92 bits per heavy atom. The molecule has 0 amide bonds. The molecule has 5 heteroatoms. The highest BCUT2D eigenvalue weighted by molar-refractivity contribution is 8.03. The highest BCUT2D eigenvalue weighted by Crippen LogP contribution is 2.46. The van der Waals surface area contributed by atoms with E-state index < -0.39 is 0 Å². The van der Waals surface area contributed by atoms with E-state index in [1.165, 1.54) is 4.90 Å². The van der Waals surface area contributed by atoms with Crippen LogP contribution in [0.3, 0.4) is 0 Å². The maximum Gasteiger partial charge on any atom is 0.204 e. The fraction of sp³-hybridized carbons (Fsp3) is 0.100. The first-order chi connectivity index (χ1) is 12.2. The van der Waals surface area contributed by atoms with Crippen LogP contribution >= 0.6 is 11.8 Å². The molecule has 2 heterocycles. The molecule has 1 aliphatic heterocycles. The van der Waals surface area contributed by atoms with Gasteiger partial charge in [0.2, 0.25) is 5.78 Å². The summed E-state index contributed by atoms with van der Waals surface area (Å²) < 4.78 is 5.30. The summed E-state index contributed by atoms with van der Waals surface area (Å²) in [5, 5.41) is 1.12. The molecule has 0 saturated carbocycles. The Labute approximate surface area is 150 Å². The molecule has 1 aliphatic carbocycles. The maximum absolute atomic E-state index is 11.9. The number of ether oxygens (including phenoxy) is 1. The van der Waals surface area contributed by atoms with Gasteiger partial charge in [-0.3, -0.25) is 9.78 Å². The first kappa shape index (κ1) is 15.7. The number of nitrogens with zero attached hydrogens (tertiary/aromatic N) is 2. The van der Waals surface area contributed by atoms with Gasteiger partial charge in [-0.15, -0.1) is 0 Å². The fourth-order valence-corrected chi connectivity index (χ4v) is 3.98. The van der Waals surface area contributed by atoms with Crippen LogP contribution < -0.4 is 9.64 Å². The third-order valence-electron chi connectivity index (χ3n) is 4.25. The zero-order valence-electron chi connectivity index (χ0n) is 13.9. The summed E-state index contributed by atoms with van der Waals surface area (Å²) in [4.78, 5) is 19.5. The van der Waals surface area contributed by atoms with Crippen molar-refractivity contribution >= 4 is 28.8 Å². The zero-order chi connectivity index (χ0) is 17.4. The summed E-state index contributed by atoms with van der Waals surface area (Å²) in [5.74, 6) is 0.806. The van der Waals surface area contributed by atoms with Gasteiger partial charge in [0.25, 0.3) is 0 Å². The van der Waals surface area contributed by atoms with Crippen molar-refractivity contribution in [2.75, 3.05) is 19.1 Å². The quantitative estimate of drug-likeness (QED) is 0.809. The van der Waals surface area contributed by atoms with E-state index in [1.54, 1.807) is 31.1 Å². The van der Waals surface area contributed by atoms with E-state index in [0.29, 0.717) is 5.69 Å². The average molecular weight is 348 g/mol. The Bertz CT molecular complexity index is 960. The molecule has 4 rings (SSSR count). The number of anilines is 1. The number of rotatable bonds is 2. The van der Waals surface area contributed by atoms with Gasteiger partial charge in [0.1, 0.15) is 11.4 Å². The van der Waals surface area contributed by atoms with Crippen molar-refractivity contribution in [1.82, 2.24) is 4.98 Å². The number of carbonyl (C=O) groups excluding carboxylic acids is 1. The summed E-state index contributed by atoms with van der Waals surface area (Å²) in [6.07, 6.45) is 9.18. The zero-order valence-corrected chi connectivity index (χ0v) is 14.7. The standard InChI is InChI=1S/C20H16N2O2S/c1-22-16-8-7-14(24-2)12-18(16)25-19(22)10-6-13-5-9-17(23)20-15(13)4-3-11-21-20/h3-12H,1-2H3/b13-6+,19-10-. The van der Waals surface area contributed by atoms with Crippen LogP contribution in [0.15, 0.2) is 70.8 Å². The van der Waals surface area contributed by atoms with Gasteiger partial charge in [-0.25, -0.2) is 0 Å². The van der Waals surface area contributed by atoms with Gasteiger partial charge in [-0.2, -0.15) is 0 Å². The summed E-state index contributed by atoms with van der Waals surface area (Å²) in [5.41, 5.74) is 3.52. The van der Waals surface area contributed by atoms with Crippen LogP contribution in [0, 0.1) is 0 Å². The number of hydrogen-bond donors (Lipinski definition) is 0. The van der Waals surface area contributed by atoms with E-state index in [9.17, 15) is 4.79 Å². The van der Waals surface area contributed by atoms with Crippen molar-refractivity contribution in [3.05, 3.63) is 77.1 Å². The van der Waals surface area contributed by atoms with Crippen LogP contribution in [0.5, 0.6) is 5.75 Å². The minimum Gasteiger partial charge on any atom is -0.497 e. The third kappa shape index (κ3) is 2.76. The lowest BCUT2D eigenvalue weighted by Gasteiger charge is -2.14. The Balaban J connectivity index is 1.68. The SMILES string of the molecule is COc1ccc2c(c1)S/C(=C\C=C1/C=CC(=O)c3ncccc31)N2C. The molecule has 2 aliphatic rings. The van der Waals surface area contributed by atoms with Crippen LogP contribution in [-0.2, 0) is 0 Å². The van der Waals surface area contributed by atoms with Crippen LogP contribution in [0.2, 0.25) is 0 Å². The summed E-state index contributed by atoms with van der Waals surface area (Å²) in [7, 11) is 3.72. The molecule has 1 aromatic heterocycles. The van der Waals surface area contributed by atoms with Gasteiger partial charge in [0.15, 0.2) is 0 Å². The normalized spacial score (nSPS) is 18.6. The molecule has 25 heavy (non-hydrogen) atoms. The van der Waals surface area contributed by atoms with Crippen LogP contribution in [-0.4, -0.2) is 24.9 Å². The van der Waals surface area contributed by atoms with Crippen molar-refractivity contribution in [2.24, 2.45) is 0 Å². The molecule has 0 spiro atoms. The second-order valence-electron chi connectivity index (χ2n) is 5.72. The number of fused-ring (bicyclic) bond motifs is 2. The Morgan fingerprint density at radius 1 is 1.20 bits per heavy atom. The highest BCUT2D eigenvalue weighted by atomic mass is 32.2. The molecule has 1 aromatic carbocycles. The minimum atomic E-state index is -0.0488. The number of ketones is 1. The number of benzene rings is 1. The highest BCUT2D eigenvalue weighted by Gasteiger charge is 2.22. The number of pyridine rings is 1. The molecular formula is C20H16N2O2S. The molecule has 0 saturated heterocycles. The van der Waals surface area contributed by atoms with E-state index in [-0.39, 0.29) is 5.78 Å². The lowest BCUT2D eigenvalue weighted by atomic mass is 9.96. The van der Waals surface area contributed by atoms with Gasteiger partial charge in [-0.1, -0.05) is 30.0 Å². The molecule has 0 bridgehead atoms. The Kier molecular flexibility index (Phi) is 3.93. The number of hydrogen-bond acceptors (Lipinski definition) is 5. The van der Waals surface area contributed by atoms with Gasteiger partial charge in [0, 0.05) is 23.7 Å². The van der Waals surface area contributed by atoms with Gasteiger partial charge in [0.05, 0.1) is 17.8 Å². The molecular weight excluding hydrogens is 332 g/mol. The molecule has 4 nitrogen and oxygen atoms in total. The first-order valence-corrected chi connectivity index (χ1v) is 8.68. The van der Waals surface area contributed by atoms with Crippen LogP contribution in [0.4, 0.5) is 5.69 Å². The van der Waals surface area contributed by atoms with E-state index in [1.807, 2.05) is 43.5 Å². The maximum atomic E-state index is 11.9. The predicted octanol–water partition coefficient (Wildman–Crippen LogP) is 4.31. The number of aromatic nitrogens is 1. The summed E-state index contributed by atoms with van der Waals surface area (Å²) >= 11 is 1.70. The van der Waals surface area contributed by atoms with Crippen molar-refractivity contribution in [1.29, 1.82) is 0 Å². The first-order valence-electron chi connectivity index (χ1n) is 7.87. The summed E-state index contributed by atoms with van der Waals surface area (Å²) in [6.45, 7) is 0. The van der Waals surface area contributed by atoms with Crippen molar-refractivity contribution in [3.63, 3.8) is 0 Å². The third-order valence-corrected chi connectivity index (χ3v) is 5.41. The number of thioether (sulfide) groups is 1.